The van der Waals surface area contributed by atoms with Crippen molar-refractivity contribution in [2.75, 3.05) is 20.1 Å². The van der Waals surface area contributed by atoms with Crippen LogP contribution < -0.4 is 0 Å². The second kappa shape index (κ2) is 8.25. The number of amides is 1. The first-order valence-corrected chi connectivity index (χ1v) is 9.42. The Labute approximate surface area is 147 Å². The summed E-state index contributed by atoms with van der Waals surface area (Å²) in [5, 5.41) is 1.37. The van der Waals surface area contributed by atoms with Gasteiger partial charge in [-0.15, -0.1) is 0 Å². The molecule has 7 heteroatoms. The van der Waals surface area contributed by atoms with Crippen molar-refractivity contribution < 1.29 is 18.5 Å². The van der Waals surface area contributed by atoms with Crippen molar-refractivity contribution in [1.29, 1.82) is 0 Å². The second-order valence-corrected chi connectivity index (χ2v) is 8.89. The zero-order chi connectivity index (χ0) is 18.7. The molecule has 0 bridgehead atoms. The quantitative estimate of drug-likeness (QED) is 0.681. The van der Waals surface area contributed by atoms with Gasteiger partial charge in [0.05, 0.1) is 5.92 Å². The minimum Gasteiger partial charge on any atom is -0.458 e. The number of esters is 1. The predicted octanol–water partition coefficient (Wildman–Crippen LogP) is 1.94. The van der Waals surface area contributed by atoms with Gasteiger partial charge < -0.3 is 9.64 Å². The fourth-order valence-electron chi connectivity index (χ4n) is 2.86. The SMILES string of the molecule is C=CS(=O)N1CC[C@H](C(=O)N(C)[C@H](C(=O)OC(C)(C)C)C(C)C)C1. The van der Waals surface area contributed by atoms with Crippen molar-refractivity contribution in [3.8, 4) is 0 Å². The van der Waals surface area contributed by atoms with Crippen LogP contribution in [0.4, 0.5) is 0 Å². The van der Waals surface area contributed by atoms with Gasteiger partial charge in [-0.05, 0) is 33.1 Å². The normalized spacial score (nSPS) is 21.4. The largest absolute Gasteiger partial charge is 0.458 e. The molecule has 1 aliphatic rings. The van der Waals surface area contributed by atoms with Gasteiger partial charge in [0.1, 0.15) is 22.6 Å². The number of likely N-dealkylation sites (N-methyl/N-ethyl adjacent to an activating group) is 1. The zero-order valence-corrected chi connectivity index (χ0v) is 16.4. The van der Waals surface area contributed by atoms with E-state index in [1.165, 1.54) is 10.3 Å². The molecule has 1 fully saturated rings. The van der Waals surface area contributed by atoms with E-state index in [1.807, 2.05) is 34.6 Å². The molecule has 0 aromatic heterocycles. The first-order valence-electron chi connectivity index (χ1n) is 8.25. The topological polar surface area (TPSA) is 66.9 Å². The molecular formula is C17H30N2O4S. The van der Waals surface area contributed by atoms with Crippen LogP contribution in [0.1, 0.15) is 41.0 Å². The number of nitrogens with zero attached hydrogens (tertiary/aromatic N) is 2. The van der Waals surface area contributed by atoms with Gasteiger partial charge in [-0.3, -0.25) is 4.79 Å². The molecule has 0 spiro atoms. The summed E-state index contributed by atoms with van der Waals surface area (Å²) in [6.07, 6.45) is 0.627. The van der Waals surface area contributed by atoms with Crippen molar-refractivity contribution in [2.24, 2.45) is 11.8 Å². The third kappa shape index (κ3) is 5.41. The van der Waals surface area contributed by atoms with E-state index in [2.05, 4.69) is 6.58 Å². The van der Waals surface area contributed by atoms with E-state index in [9.17, 15) is 13.8 Å². The van der Waals surface area contributed by atoms with Crippen LogP contribution >= 0.6 is 0 Å². The Morgan fingerprint density at radius 2 is 1.96 bits per heavy atom. The summed E-state index contributed by atoms with van der Waals surface area (Å²) in [5.41, 5.74) is -0.598. The Morgan fingerprint density at radius 1 is 1.38 bits per heavy atom. The average Bonchev–Trinajstić information content (AvgIpc) is 2.92. The highest BCUT2D eigenvalue weighted by molar-refractivity contribution is 7.85. The Hall–Kier alpha value is -1.21. The summed E-state index contributed by atoms with van der Waals surface area (Å²) in [6.45, 7) is 13.7. The minimum atomic E-state index is -1.26. The van der Waals surface area contributed by atoms with Gasteiger partial charge in [-0.25, -0.2) is 13.3 Å². The molecule has 0 aromatic carbocycles. The summed E-state index contributed by atoms with van der Waals surface area (Å²) < 4.78 is 19.0. The number of carbonyl (C=O) groups excluding carboxylic acids is 2. The minimum absolute atomic E-state index is 0.0615. The molecule has 0 aromatic rings. The maximum atomic E-state index is 12.8. The molecule has 0 N–H and O–H groups in total. The first-order chi connectivity index (χ1) is 11.0. The monoisotopic (exact) mass is 358 g/mol. The van der Waals surface area contributed by atoms with Crippen LogP contribution in [-0.2, 0) is 25.3 Å². The second-order valence-electron chi connectivity index (χ2n) is 7.49. The maximum Gasteiger partial charge on any atom is 0.329 e. The average molecular weight is 359 g/mol. The Balaban J connectivity index is 2.82. The smallest absolute Gasteiger partial charge is 0.329 e. The molecular weight excluding hydrogens is 328 g/mol. The van der Waals surface area contributed by atoms with Gasteiger partial charge in [0.15, 0.2) is 0 Å². The van der Waals surface area contributed by atoms with Gasteiger partial charge in [-0.1, -0.05) is 20.4 Å². The summed E-state index contributed by atoms with van der Waals surface area (Å²) >= 11 is 0. The van der Waals surface area contributed by atoms with Crippen LogP contribution in [0, 0.1) is 11.8 Å². The van der Waals surface area contributed by atoms with Crippen molar-refractivity contribution in [2.45, 2.75) is 52.7 Å². The molecule has 1 aliphatic heterocycles. The Morgan fingerprint density at radius 3 is 2.42 bits per heavy atom. The van der Waals surface area contributed by atoms with E-state index in [4.69, 9.17) is 4.74 Å². The molecule has 1 saturated heterocycles. The first kappa shape index (κ1) is 20.8. The zero-order valence-electron chi connectivity index (χ0n) is 15.6. The van der Waals surface area contributed by atoms with E-state index in [1.54, 1.807) is 11.4 Å². The van der Waals surface area contributed by atoms with Crippen molar-refractivity contribution in [3.63, 3.8) is 0 Å². The van der Waals surface area contributed by atoms with Gasteiger partial charge in [0.25, 0.3) is 0 Å². The third-order valence-corrected chi connectivity index (χ3v) is 5.07. The van der Waals surface area contributed by atoms with Crippen molar-refractivity contribution in [1.82, 2.24) is 9.21 Å². The lowest BCUT2D eigenvalue weighted by atomic mass is 9.99. The molecule has 3 atom stereocenters. The van der Waals surface area contributed by atoms with Crippen molar-refractivity contribution >= 4 is 22.9 Å². The molecule has 6 nitrogen and oxygen atoms in total. The molecule has 24 heavy (non-hydrogen) atoms. The maximum absolute atomic E-state index is 12.8. The Kier molecular flexibility index (Phi) is 7.16. The molecule has 0 aliphatic carbocycles. The summed E-state index contributed by atoms with van der Waals surface area (Å²) in [6, 6.07) is -0.629. The van der Waals surface area contributed by atoms with Crippen LogP contribution in [0.5, 0.6) is 0 Å². The van der Waals surface area contributed by atoms with E-state index in [0.29, 0.717) is 19.5 Å². The Bertz CT molecular complexity index is 513. The molecule has 138 valence electrons. The van der Waals surface area contributed by atoms with Crippen LogP contribution in [0.3, 0.4) is 0 Å². The molecule has 1 heterocycles. The summed E-state index contributed by atoms with van der Waals surface area (Å²) in [5.74, 6) is -0.822. The van der Waals surface area contributed by atoms with E-state index in [-0.39, 0.29) is 17.7 Å². The lowest BCUT2D eigenvalue weighted by Crippen LogP contribution is -2.50. The number of rotatable bonds is 6. The number of hydrogen-bond donors (Lipinski definition) is 0. The van der Waals surface area contributed by atoms with Crippen LogP contribution in [-0.4, -0.2) is 57.1 Å². The highest BCUT2D eigenvalue weighted by Crippen LogP contribution is 2.23. The molecule has 1 unspecified atom stereocenters. The van der Waals surface area contributed by atoms with E-state index < -0.39 is 28.6 Å². The predicted molar refractivity (Wildman–Crippen MR) is 95.3 cm³/mol. The highest BCUT2D eigenvalue weighted by Gasteiger charge is 2.38. The lowest BCUT2D eigenvalue weighted by molar-refractivity contribution is -0.166. The fourth-order valence-corrected chi connectivity index (χ4v) is 3.69. The summed E-state index contributed by atoms with van der Waals surface area (Å²) in [7, 11) is 0.383. The van der Waals surface area contributed by atoms with E-state index in [0.717, 1.165) is 0 Å². The number of ether oxygens (including phenoxy) is 1. The fraction of sp³-hybridized carbons (Fsp3) is 0.765. The molecule has 1 rings (SSSR count). The van der Waals surface area contributed by atoms with Crippen molar-refractivity contribution in [3.05, 3.63) is 12.0 Å². The standard InChI is InChI=1S/C17H30N2O4S/c1-8-24(22)19-10-9-13(11-19)15(20)18(7)14(12(2)3)16(21)23-17(4,5)6/h8,12-14H,1,9-11H2,2-7H3/t13-,14-,24?/m0/s1. The molecule has 0 radical (unpaired) electrons. The van der Waals surface area contributed by atoms with Gasteiger partial charge in [0, 0.05) is 25.5 Å². The van der Waals surface area contributed by atoms with E-state index >= 15 is 0 Å². The summed E-state index contributed by atoms with van der Waals surface area (Å²) in [4.78, 5) is 26.8. The number of hydrogen-bond acceptors (Lipinski definition) is 4. The van der Waals surface area contributed by atoms with Crippen LogP contribution in [0.25, 0.3) is 0 Å². The van der Waals surface area contributed by atoms with Crippen LogP contribution in [0.2, 0.25) is 0 Å². The van der Waals surface area contributed by atoms with Gasteiger partial charge in [-0.2, -0.15) is 0 Å². The third-order valence-electron chi connectivity index (χ3n) is 3.94. The van der Waals surface area contributed by atoms with Gasteiger partial charge >= 0.3 is 5.97 Å². The molecule has 0 saturated carbocycles. The highest BCUT2D eigenvalue weighted by atomic mass is 32.2. The van der Waals surface area contributed by atoms with Crippen LogP contribution in [0.15, 0.2) is 12.0 Å². The molecule has 1 amide bonds. The number of carbonyl (C=O) groups is 2. The van der Waals surface area contributed by atoms with Gasteiger partial charge in [0.2, 0.25) is 5.91 Å². The lowest BCUT2D eigenvalue weighted by Gasteiger charge is -2.33.